The minimum atomic E-state index is -4.39. The number of alkyl halides is 3. The first-order chi connectivity index (χ1) is 14.6. The maximum Gasteiger partial charge on any atom is 0.416 e. The number of carbonyl (C=O) groups excluding carboxylic acids is 1. The summed E-state index contributed by atoms with van der Waals surface area (Å²) in [5.41, 5.74) is 6.15. The molecular formula is C22H22F3N5O. The van der Waals surface area contributed by atoms with E-state index in [2.05, 4.69) is 34.1 Å². The Morgan fingerprint density at radius 2 is 1.65 bits per heavy atom. The molecule has 0 bridgehead atoms. The molecule has 6 nitrogen and oxygen atoms in total. The van der Waals surface area contributed by atoms with Crippen molar-refractivity contribution in [2.75, 3.05) is 5.32 Å². The lowest BCUT2D eigenvalue weighted by atomic mass is 9.99. The van der Waals surface area contributed by atoms with Gasteiger partial charge in [-0.3, -0.25) is 4.79 Å². The van der Waals surface area contributed by atoms with Crippen LogP contribution >= 0.6 is 0 Å². The van der Waals surface area contributed by atoms with E-state index in [1.807, 2.05) is 0 Å². The summed E-state index contributed by atoms with van der Waals surface area (Å²) in [5.74, 6) is 0.717. The third kappa shape index (κ3) is 5.78. The Bertz CT molecular complexity index is 1020. The zero-order chi connectivity index (χ0) is 22.6. The molecule has 3 N–H and O–H groups in total. The van der Waals surface area contributed by atoms with Crippen LogP contribution in [0.4, 0.5) is 19.0 Å². The third-order valence-corrected chi connectivity index (χ3v) is 4.62. The van der Waals surface area contributed by atoms with E-state index < -0.39 is 17.6 Å². The van der Waals surface area contributed by atoms with E-state index in [1.54, 1.807) is 24.5 Å². The van der Waals surface area contributed by atoms with Gasteiger partial charge in [0.25, 0.3) is 0 Å². The van der Waals surface area contributed by atoms with Crippen LogP contribution < -0.4 is 11.1 Å². The van der Waals surface area contributed by atoms with Gasteiger partial charge in [-0.05, 0) is 36.6 Å². The zero-order valence-corrected chi connectivity index (χ0v) is 17.0. The monoisotopic (exact) mass is 429 g/mol. The van der Waals surface area contributed by atoms with E-state index >= 15 is 0 Å². The van der Waals surface area contributed by atoms with Gasteiger partial charge in [-0.15, -0.1) is 0 Å². The second-order valence-corrected chi connectivity index (χ2v) is 7.54. The van der Waals surface area contributed by atoms with E-state index in [1.165, 1.54) is 18.3 Å². The number of rotatable bonds is 7. The summed E-state index contributed by atoms with van der Waals surface area (Å²) in [6.07, 6.45) is 1.09. The van der Waals surface area contributed by atoms with Crippen molar-refractivity contribution in [1.82, 2.24) is 15.0 Å². The van der Waals surface area contributed by atoms with Crippen LogP contribution in [0.1, 0.15) is 47.8 Å². The van der Waals surface area contributed by atoms with Crippen LogP contribution in [0.5, 0.6) is 0 Å². The molecule has 1 amide bonds. The first kappa shape index (κ1) is 22.2. The highest BCUT2D eigenvalue weighted by Gasteiger charge is 2.30. The van der Waals surface area contributed by atoms with Crippen LogP contribution in [-0.4, -0.2) is 20.9 Å². The molecule has 162 valence electrons. The summed E-state index contributed by atoms with van der Waals surface area (Å²) >= 11 is 0. The molecule has 2 aromatic heterocycles. The Kier molecular flexibility index (Phi) is 6.53. The molecule has 0 aliphatic heterocycles. The molecule has 0 radical (unpaired) electrons. The van der Waals surface area contributed by atoms with Crippen molar-refractivity contribution < 1.29 is 18.0 Å². The number of nitrogens with two attached hydrogens (primary N) is 1. The van der Waals surface area contributed by atoms with E-state index in [0.717, 1.165) is 24.1 Å². The van der Waals surface area contributed by atoms with E-state index in [9.17, 15) is 18.0 Å². The molecular weight excluding hydrogens is 407 g/mol. The summed E-state index contributed by atoms with van der Waals surface area (Å²) in [6.45, 7) is 4.16. The Labute approximate surface area is 177 Å². The predicted octanol–water partition coefficient (Wildman–Crippen LogP) is 4.86. The van der Waals surface area contributed by atoms with Gasteiger partial charge < -0.3 is 11.1 Å². The molecule has 0 aliphatic carbocycles. The van der Waals surface area contributed by atoms with Crippen molar-refractivity contribution in [1.29, 1.82) is 0 Å². The molecule has 0 saturated carbocycles. The number of halogens is 3. The second-order valence-electron chi connectivity index (χ2n) is 7.54. The van der Waals surface area contributed by atoms with Gasteiger partial charge >= 0.3 is 6.18 Å². The van der Waals surface area contributed by atoms with Crippen LogP contribution in [-0.2, 0) is 6.18 Å². The van der Waals surface area contributed by atoms with Gasteiger partial charge in [0.1, 0.15) is 5.82 Å². The number of amides is 1. The molecule has 0 aliphatic rings. The number of nitrogens with one attached hydrogen (secondary N) is 1. The number of pyridine rings is 1. The lowest BCUT2D eigenvalue weighted by Crippen LogP contribution is -2.16. The zero-order valence-electron chi connectivity index (χ0n) is 17.0. The van der Waals surface area contributed by atoms with Gasteiger partial charge in [-0.2, -0.15) is 13.2 Å². The lowest BCUT2D eigenvalue weighted by molar-refractivity contribution is -0.137. The van der Waals surface area contributed by atoms with Crippen molar-refractivity contribution in [3.63, 3.8) is 0 Å². The SMILES string of the molecule is CC(C)CC(Nc1ccc(C(N)=O)cn1)c1cnc(-c2ccc(C(F)(F)F)cc2)nc1. The molecule has 31 heavy (non-hydrogen) atoms. The summed E-state index contributed by atoms with van der Waals surface area (Å²) in [4.78, 5) is 24.1. The predicted molar refractivity (Wildman–Crippen MR) is 111 cm³/mol. The van der Waals surface area contributed by atoms with Crippen LogP contribution in [0.2, 0.25) is 0 Å². The molecule has 9 heteroatoms. The summed E-state index contributed by atoms with van der Waals surface area (Å²) in [5, 5.41) is 3.31. The average Bonchev–Trinajstić information content (AvgIpc) is 2.73. The molecule has 3 rings (SSSR count). The van der Waals surface area contributed by atoms with Gasteiger partial charge in [-0.1, -0.05) is 26.0 Å². The second kappa shape index (κ2) is 9.11. The molecule has 3 aromatic rings. The fourth-order valence-electron chi connectivity index (χ4n) is 3.03. The average molecular weight is 429 g/mol. The topological polar surface area (TPSA) is 93.8 Å². The number of aromatic nitrogens is 3. The molecule has 1 aromatic carbocycles. The van der Waals surface area contributed by atoms with Gasteiger partial charge in [0.05, 0.1) is 17.2 Å². The van der Waals surface area contributed by atoms with Crippen LogP contribution in [0, 0.1) is 5.92 Å². The highest BCUT2D eigenvalue weighted by Crippen LogP contribution is 2.31. The number of primary amides is 1. The summed E-state index contributed by atoms with van der Waals surface area (Å²) in [7, 11) is 0. The third-order valence-electron chi connectivity index (χ3n) is 4.62. The van der Waals surface area contributed by atoms with Gasteiger partial charge in [0, 0.05) is 29.7 Å². The van der Waals surface area contributed by atoms with Crippen molar-refractivity contribution in [3.05, 3.63) is 71.7 Å². The Balaban J connectivity index is 1.79. The fourth-order valence-corrected chi connectivity index (χ4v) is 3.03. The molecule has 1 unspecified atom stereocenters. The van der Waals surface area contributed by atoms with E-state index in [-0.39, 0.29) is 6.04 Å². The van der Waals surface area contributed by atoms with Crippen LogP contribution in [0.3, 0.4) is 0 Å². The minimum Gasteiger partial charge on any atom is -0.366 e. The van der Waals surface area contributed by atoms with Crippen LogP contribution in [0.15, 0.2) is 55.0 Å². The molecule has 0 spiro atoms. The number of hydrogen-bond acceptors (Lipinski definition) is 5. The number of nitrogens with zero attached hydrogens (tertiary/aromatic N) is 3. The number of anilines is 1. The first-order valence-corrected chi connectivity index (χ1v) is 9.65. The molecule has 1 atom stereocenters. The highest BCUT2D eigenvalue weighted by molar-refractivity contribution is 5.92. The van der Waals surface area contributed by atoms with Gasteiger partial charge in [0.15, 0.2) is 5.82 Å². The maximum absolute atomic E-state index is 12.7. The summed E-state index contributed by atoms with van der Waals surface area (Å²) < 4.78 is 38.2. The number of carbonyl (C=O) groups is 1. The minimum absolute atomic E-state index is 0.145. The summed E-state index contributed by atoms with van der Waals surface area (Å²) in [6, 6.07) is 7.85. The Hall–Kier alpha value is -3.49. The number of hydrogen-bond donors (Lipinski definition) is 2. The van der Waals surface area contributed by atoms with Crippen LogP contribution in [0.25, 0.3) is 11.4 Å². The van der Waals surface area contributed by atoms with Crippen molar-refractivity contribution in [3.8, 4) is 11.4 Å². The molecule has 0 saturated heterocycles. The van der Waals surface area contributed by atoms with Crippen molar-refractivity contribution >= 4 is 11.7 Å². The van der Waals surface area contributed by atoms with Gasteiger partial charge in [-0.25, -0.2) is 15.0 Å². The maximum atomic E-state index is 12.7. The quantitative estimate of drug-likeness (QED) is 0.560. The molecule has 0 fully saturated rings. The smallest absolute Gasteiger partial charge is 0.366 e. The Morgan fingerprint density at radius 1 is 1.00 bits per heavy atom. The largest absolute Gasteiger partial charge is 0.416 e. The first-order valence-electron chi connectivity index (χ1n) is 9.65. The standard InChI is InChI=1S/C22H22F3N5O/c1-13(2)9-18(30-19-8-5-15(10-27-19)20(26)31)16-11-28-21(29-12-16)14-3-6-17(7-4-14)22(23,24)25/h3-8,10-13,18H,9H2,1-2H3,(H2,26,31)(H,27,30). The Morgan fingerprint density at radius 3 is 2.13 bits per heavy atom. The van der Waals surface area contributed by atoms with E-state index in [0.29, 0.717) is 28.7 Å². The molecule has 2 heterocycles. The van der Waals surface area contributed by atoms with Crippen molar-refractivity contribution in [2.24, 2.45) is 11.7 Å². The highest BCUT2D eigenvalue weighted by atomic mass is 19.4. The lowest BCUT2D eigenvalue weighted by Gasteiger charge is -2.21. The normalized spacial score (nSPS) is 12.6. The van der Waals surface area contributed by atoms with Gasteiger partial charge in [0.2, 0.25) is 5.91 Å². The van der Waals surface area contributed by atoms with E-state index in [4.69, 9.17) is 5.73 Å². The fraction of sp³-hybridized carbons (Fsp3) is 0.273. The number of benzene rings is 1. The van der Waals surface area contributed by atoms with Crippen molar-refractivity contribution in [2.45, 2.75) is 32.5 Å².